The molecule has 2 rings (SSSR count). The Balaban J connectivity index is 2.37. The molecule has 0 bridgehead atoms. The van der Waals surface area contributed by atoms with E-state index in [0.717, 1.165) is 18.4 Å². The van der Waals surface area contributed by atoms with E-state index in [2.05, 4.69) is 4.98 Å². The van der Waals surface area contributed by atoms with Crippen molar-refractivity contribution < 1.29 is 8.42 Å². The second kappa shape index (κ2) is 3.81. The van der Waals surface area contributed by atoms with Crippen LogP contribution >= 0.6 is 0 Å². The molecule has 82 valence electrons. The van der Waals surface area contributed by atoms with E-state index in [9.17, 15) is 8.42 Å². The van der Waals surface area contributed by atoms with Crippen molar-refractivity contribution in [2.45, 2.75) is 19.8 Å². The first kappa shape index (κ1) is 10.4. The Morgan fingerprint density at radius 2 is 2.20 bits per heavy atom. The molecule has 0 aromatic carbocycles. The molecule has 0 spiro atoms. The van der Waals surface area contributed by atoms with Crippen LogP contribution in [0.15, 0.2) is 18.3 Å². The molecule has 1 aliphatic rings. The SMILES string of the molecule is Cc1ccnc(N2CCCCS2(=O)=O)c1. The maximum Gasteiger partial charge on any atom is 0.236 e. The van der Waals surface area contributed by atoms with E-state index >= 15 is 0 Å². The van der Waals surface area contributed by atoms with Crippen LogP contribution in [0.4, 0.5) is 5.82 Å². The summed E-state index contributed by atoms with van der Waals surface area (Å²) < 4.78 is 25.0. The third-order valence-electron chi connectivity index (χ3n) is 2.51. The highest BCUT2D eigenvalue weighted by atomic mass is 32.2. The highest BCUT2D eigenvalue weighted by Crippen LogP contribution is 2.21. The predicted molar refractivity (Wildman–Crippen MR) is 59.3 cm³/mol. The average molecular weight is 226 g/mol. The van der Waals surface area contributed by atoms with Crippen LogP contribution in [0.1, 0.15) is 18.4 Å². The van der Waals surface area contributed by atoms with Crippen LogP contribution < -0.4 is 4.31 Å². The molecule has 0 unspecified atom stereocenters. The minimum atomic E-state index is -3.12. The fourth-order valence-electron chi connectivity index (χ4n) is 1.70. The van der Waals surface area contributed by atoms with Gasteiger partial charge in [0.1, 0.15) is 5.82 Å². The number of nitrogens with zero attached hydrogens (tertiary/aromatic N) is 2. The minimum absolute atomic E-state index is 0.239. The molecule has 1 aliphatic heterocycles. The number of sulfonamides is 1. The van der Waals surface area contributed by atoms with E-state index < -0.39 is 10.0 Å². The summed E-state index contributed by atoms with van der Waals surface area (Å²) in [5.74, 6) is 0.789. The lowest BCUT2D eigenvalue weighted by Gasteiger charge is -2.27. The summed E-state index contributed by atoms with van der Waals surface area (Å²) in [6.45, 7) is 2.49. The van der Waals surface area contributed by atoms with Crippen molar-refractivity contribution in [3.8, 4) is 0 Å². The summed E-state index contributed by atoms with van der Waals surface area (Å²) in [5, 5.41) is 0. The van der Waals surface area contributed by atoms with Crippen molar-refractivity contribution >= 4 is 15.8 Å². The van der Waals surface area contributed by atoms with Crippen molar-refractivity contribution in [1.29, 1.82) is 0 Å². The van der Waals surface area contributed by atoms with Gasteiger partial charge in [-0.15, -0.1) is 0 Å². The lowest BCUT2D eigenvalue weighted by atomic mass is 10.3. The highest BCUT2D eigenvalue weighted by molar-refractivity contribution is 7.92. The Morgan fingerprint density at radius 3 is 2.87 bits per heavy atom. The van der Waals surface area contributed by atoms with E-state index in [0.29, 0.717) is 12.4 Å². The summed E-state index contributed by atoms with van der Waals surface area (Å²) >= 11 is 0. The van der Waals surface area contributed by atoms with Gasteiger partial charge in [-0.25, -0.2) is 13.4 Å². The summed E-state index contributed by atoms with van der Waals surface area (Å²) in [5.41, 5.74) is 1.03. The summed E-state index contributed by atoms with van der Waals surface area (Å²) in [7, 11) is -3.12. The normalized spacial score (nSPS) is 20.2. The van der Waals surface area contributed by atoms with E-state index in [-0.39, 0.29) is 5.75 Å². The Kier molecular flexibility index (Phi) is 2.65. The number of aromatic nitrogens is 1. The van der Waals surface area contributed by atoms with Crippen molar-refractivity contribution in [3.05, 3.63) is 23.9 Å². The number of aryl methyl sites for hydroxylation is 1. The van der Waals surface area contributed by atoms with E-state index in [4.69, 9.17) is 0 Å². The fraction of sp³-hybridized carbons (Fsp3) is 0.500. The number of anilines is 1. The fourth-order valence-corrected chi connectivity index (χ4v) is 3.28. The Morgan fingerprint density at radius 1 is 1.40 bits per heavy atom. The molecule has 0 amide bonds. The maximum atomic E-state index is 11.8. The van der Waals surface area contributed by atoms with Crippen molar-refractivity contribution in [1.82, 2.24) is 4.98 Å². The molecule has 5 heteroatoms. The smallest absolute Gasteiger partial charge is 0.236 e. The molecular weight excluding hydrogens is 212 g/mol. The zero-order valence-corrected chi connectivity index (χ0v) is 9.50. The van der Waals surface area contributed by atoms with Crippen LogP contribution in [0, 0.1) is 6.92 Å². The maximum absolute atomic E-state index is 11.8. The van der Waals surface area contributed by atoms with Crippen LogP contribution in [0.3, 0.4) is 0 Å². The topological polar surface area (TPSA) is 50.3 Å². The zero-order valence-electron chi connectivity index (χ0n) is 8.68. The van der Waals surface area contributed by atoms with Gasteiger partial charge in [0.05, 0.1) is 5.75 Å². The molecule has 15 heavy (non-hydrogen) atoms. The van der Waals surface area contributed by atoms with Crippen molar-refractivity contribution in [2.24, 2.45) is 0 Å². The van der Waals surface area contributed by atoms with Crippen molar-refractivity contribution in [3.63, 3.8) is 0 Å². The Hall–Kier alpha value is -1.10. The molecule has 1 aromatic rings. The first-order chi connectivity index (χ1) is 7.09. The van der Waals surface area contributed by atoms with Gasteiger partial charge in [0, 0.05) is 12.7 Å². The van der Waals surface area contributed by atoms with Gasteiger partial charge in [-0.3, -0.25) is 4.31 Å². The summed E-state index contributed by atoms with van der Waals surface area (Å²) in [6, 6.07) is 3.67. The lowest BCUT2D eigenvalue weighted by molar-refractivity contribution is 0.573. The first-order valence-corrected chi connectivity index (χ1v) is 6.63. The number of pyridine rings is 1. The van der Waals surface area contributed by atoms with Gasteiger partial charge < -0.3 is 0 Å². The monoisotopic (exact) mass is 226 g/mol. The molecule has 0 atom stereocenters. The van der Waals surface area contributed by atoms with Crippen LogP contribution in [0.25, 0.3) is 0 Å². The molecule has 4 nitrogen and oxygen atoms in total. The van der Waals surface area contributed by atoms with Gasteiger partial charge in [0.2, 0.25) is 10.0 Å². The first-order valence-electron chi connectivity index (χ1n) is 5.03. The Labute approximate surface area is 90.0 Å². The van der Waals surface area contributed by atoms with Gasteiger partial charge in [-0.05, 0) is 37.5 Å². The van der Waals surface area contributed by atoms with Crippen LogP contribution in [-0.4, -0.2) is 25.7 Å². The van der Waals surface area contributed by atoms with Crippen LogP contribution in [0.5, 0.6) is 0 Å². The predicted octanol–water partition coefficient (Wildman–Crippen LogP) is 1.32. The van der Waals surface area contributed by atoms with Crippen LogP contribution in [-0.2, 0) is 10.0 Å². The van der Waals surface area contributed by atoms with Gasteiger partial charge in [-0.2, -0.15) is 0 Å². The third-order valence-corrected chi connectivity index (χ3v) is 4.35. The van der Waals surface area contributed by atoms with E-state index in [1.54, 1.807) is 6.20 Å². The zero-order chi connectivity index (χ0) is 10.9. The molecule has 0 saturated carbocycles. The second-order valence-electron chi connectivity index (χ2n) is 3.79. The summed E-state index contributed by atoms with van der Waals surface area (Å²) in [4.78, 5) is 4.11. The summed E-state index contributed by atoms with van der Waals surface area (Å²) in [6.07, 6.45) is 3.31. The number of hydrogen-bond donors (Lipinski definition) is 0. The highest BCUT2D eigenvalue weighted by Gasteiger charge is 2.26. The van der Waals surface area contributed by atoms with Gasteiger partial charge >= 0.3 is 0 Å². The molecule has 0 aliphatic carbocycles. The molecule has 1 saturated heterocycles. The van der Waals surface area contributed by atoms with Crippen molar-refractivity contribution in [2.75, 3.05) is 16.6 Å². The quantitative estimate of drug-likeness (QED) is 0.725. The lowest BCUT2D eigenvalue weighted by Crippen LogP contribution is -2.38. The van der Waals surface area contributed by atoms with Gasteiger partial charge in [-0.1, -0.05) is 0 Å². The molecule has 0 N–H and O–H groups in total. The van der Waals surface area contributed by atoms with E-state index in [1.165, 1.54) is 4.31 Å². The third kappa shape index (κ3) is 2.12. The average Bonchev–Trinajstić information content (AvgIpc) is 2.17. The molecular formula is C10H14N2O2S. The molecule has 1 fully saturated rings. The largest absolute Gasteiger partial charge is 0.254 e. The van der Waals surface area contributed by atoms with E-state index in [1.807, 2.05) is 19.1 Å². The standard InChI is InChI=1S/C10H14N2O2S/c1-9-4-5-11-10(8-9)12-6-2-3-7-15(12,13)14/h4-5,8H,2-3,6-7H2,1H3. The molecule has 0 radical (unpaired) electrons. The van der Waals surface area contributed by atoms with Crippen LogP contribution in [0.2, 0.25) is 0 Å². The molecule has 2 heterocycles. The number of hydrogen-bond acceptors (Lipinski definition) is 3. The minimum Gasteiger partial charge on any atom is -0.254 e. The second-order valence-corrected chi connectivity index (χ2v) is 5.80. The van der Waals surface area contributed by atoms with Gasteiger partial charge in [0.15, 0.2) is 0 Å². The number of rotatable bonds is 1. The van der Waals surface area contributed by atoms with Gasteiger partial charge in [0.25, 0.3) is 0 Å². The Bertz CT molecular complexity index is 456. The molecule has 1 aromatic heterocycles.